The molecule has 0 amide bonds. The van der Waals surface area contributed by atoms with Gasteiger partial charge in [0.1, 0.15) is 16.2 Å². The molecule has 2 N–H and O–H groups in total. The van der Waals surface area contributed by atoms with Crippen LogP contribution < -0.4 is 21.0 Å². The van der Waals surface area contributed by atoms with Crippen LogP contribution in [0.15, 0.2) is 21.2 Å². The molecule has 0 bridgehead atoms. The van der Waals surface area contributed by atoms with Crippen molar-refractivity contribution < 1.29 is 14.3 Å². The van der Waals surface area contributed by atoms with Gasteiger partial charge in [0.15, 0.2) is 0 Å². The van der Waals surface area contributed by atoms with E-state index in [1.54, 1.807) is 16.8 Å². The van der Waals surface area contributed by atoms with E-state index < -0.39 is 17.2 Å². The summed E-state index contributed by atoms with van der Waals surface area (Å²) >= 11 is 1.19. The number of halogens is 1. The van der Waals surface area contributed by atoms with Gasteiger partial charge >= 0.3 is 5.97 Å². The Bertz CT molecular complexity index is 1340. The predicted molar refractivity (Wildman–Crippen MR) is 102 cm³/mol. The van der Waals surface area contributed by atoms with Gasteiger partial charge in [-0.1, -0.05) is 0 Å². The second kappa shape index (κ2) is 5.61. The number of rotatable bonds is 2. The lowest BCUT2D eigenvalue weighted by molar-refractivity contribution is 0.0697. The summed E-state index contributed by atoms with van der Waals surface area (Å²) in [5.74, 6) is -1.83. The number of hydrogen-bond acceptors (Lipinski definition) is 6. The van der Waals surface area contributed by atoms with Crippen molar-refractivity contribution in [3.63, 3.8) is 0 Å². The van der Waals surface area contributed by atoms with E-state index in [9.17, 15) is 14.7 Å². The number of carbonyl (C=O) groups is 1. The zero-order chi connectivity index (χ0) is 18.9. The van der Waals surface area contributed by atoms with Crippen LogP contribution >= 0.6 is 11.3 Å². The fourth-order valence-electron chi connectivity index (χ4n) is 4.11. The van der Waals surface area contributed by atoms with Crippen LogP contribution in [0.4, 0.5) is 10.1 Å². The predicted octanol–water partition coefficient (Wildman–Crippen LogP) is 1.32. The second-order valence-corrected chi connectivity index (χ2v) is 7.42. The Kier molecular flexibility index (Phi) is 3.40. The van der Waals surface area contributed by atoms with Gasteiger partial charge in [0, 0.05) is 38.6 Å². The molecule has 9 heteroatoms. The first-order chi connectivity index (χ1) is 13.0. The third-order valence-electron chi connectivity index (χ3n) is 5.21. The van der Waals surface area contributed by atoms with Crippen molar-refractivity contribution in [2.75, 3.05) is 38.1 Å². The summed E-state index contributed by atoms with van der Waals surface area (Å²) in [5, 5.41) is 15.8. The number of benzene rings is 1. The van der Waals surface area contributed by atoms with Gasteiger partial charge in [-0.3, -0.25) is 14.2 Å². The number of piperazine rings is 1. The van der Waals surface area contributed by atoms with Crippen LogP contribution in [0.1, 0.15) is 10.4 Å². The first-order valence-electron chi connectivity index (χ1n) is 8.53. The minimum absolute atomic E-state index is 0.0783. The molecular formula is C18H15FN4O3S. The molecule has 3 aromatic heterocycles. The Morgan fingerprint density at radius 2 is 2.11 bits per heavy atom. The van der Waals surface area contributed by atoms with E-state index in [0.29, 0.717) is 45.4 Å². The third-order valence-corrected chi connectivity index (χ3v) is 6.16. The molecule has 0 spiro atoms. The molecule has 0 unspecified atom stereocenters. The Morgan fingerprint density at radius 3 is 2.78 bits per heavy atom. The SMILES string of the molecule is CN=c1c2c(N3CCNCC3)c(F)cc3c(=O)c(C(=O)O)c4scc1n4c32. The maximum Gasteiger partial charge on any atom is 0.342 e. The highest BCUT2D eigenvalue weighted by atomic mass is 32.1. The van der Waals surface area contributed by atoms with Gasteiger partial charge in [0.2, 0.25) is 5.43 Å². The van der Waals surface area contributed by atoms with Crippen molar-refractivity contribution in [3.8, 4) is 0 Å². The molecule has 0 saturated carbocycles. The Morgan fingerprint density at radius 1 is 1.37 bits per heavy atom. The number of carboxylic acids is 1. The molecule has 4 heterocycles. The first kappa shape index (κ1) is 16.4. The maximum atomic E-state index is 15.2. The number of anilines is 1. The standard InChI is InChI=1S/C18H15FN4O3S/c1-20-13-10-7-27-17-12(18(25)26)16(24)8-6-9(19)15(11(13)14(8)23(10)17)22-4-2-21-3-5-22/h6-7,21H,2-5H2,1H3,(H,25,26). The highest BCUT2D eigenvalue weighted by molar-refractivity contribution is 7.16. The van der Waals surface area contributed by atoms with E-state index in [2.05, 4.69) is 10.3 Å². The molecule has 7 nitrogen and oxygen atoms in total. The maximum absolute atomic E-state index is 15.2. The minimum Gasteiger partial charge on any atom is -0.477 e. The summed E-state index contributed by atoms with van der Waals surface area (Å²) in [4.78, 5) is 31.3. The highest BCUT2D eigenvalue weighted by Gasteiger charge is 2.29. The smallest absolute Gasteiger partial charge is 0.342 e. The van der Waals surface area contributed by atoms with Crippen LogP contribution in [-0.4, -0.2) is 48.7 Å². The second-order valence-electron chi connectivity index (χ2n) is 6.56. The highest BCUT2D eigenvalue weighted by Crippen LogP contribution is 2.36. The van der Waals surface area contributed by atoms with Crippen LogP contribution in [0.25, 0.3) is 26.6 Å². The molecule has 1 saturated heterocycles. The summed E-state index contributed by atoms with van der Waals surface area (Å²) < 4.78 is 16.9. The molecule has 1 aliphatic heterocycles. The number of carboxylic acid groups (broad SMARTS) is 1. The minimum atomic E-state index is -1.31. The summed E-state index contributed by atoms with van der Waals surface area (Å²) in [6.45, 7) is 2.77. The van der Waals surface area contributed by atoms with Crippen LogP contribution in [0.2, 0.25) is 0 Å². The van der Waals surface area contributed by atoms with E-state index in [4.69, 9.17) is 0 Å². The first-order valence-corrected chi connectivity index (χ1v) is 9.41. The normalized spacial score (nSPS) is 16.4. The number of aromatic carboxylic acids is 1. The van der Waals surface area contributed by atoms with Crippen LogP contribution in [0.5, 0.6) is 0 Å². The van der Waals surface area contributed by atoms with Gasteiger partial charge in [-0.15, -0.1) is 11.3 Å². The Balaban J connectivity index is 2.06. The molecule has 1 aliphatic rings. The molecule has 5 rings (SSSR count). The van der Waals surface area contributed by atoms with Crippen LogP contribution in [0, 0.1) is 5.82 Å². The van der Waals surface area contributed by atoms with Crippen molar-refractivity contribution in [1.29, 1.82) is 0 Å². The lowest BCUT2D eigenvalue weighted by Crippen LogP contribution is -2.44. The molecule has 27 heavy (non-hydrogen) atoms. The van der Waals surface area contributed by atoms with Gasteiger partial charge in [-0.25, -0.2) is 9.18 Å². The fraction of sp³-hybridized carbons (Fsp3) is 0.278. The van der Waals surface area contributed by atoms with Crippen LogP contribution in [-0.2, 0) is 0 Å². The average molecular weight is 386 g/mol. The Labute approximate surface area is 155 Å². The van der Waals surface area contributed by atoms with Gasteiger partial charge in [0.25, 0.3) is 0 Å². The molecule has 0 radical (unpaired) electrons. The number of nitrogens with zero attached hydrogens (tertiary/aromatic N) is 3. The largest absolute Gasteiger partial charge is 0.477 e. The number of hydrogen-bond donors (Lipinski definition) is 2. The molecular weight excluding hydrogens is 371 g/mol. The number of pyridine rings is 1. The van der Waals surface area contributed by atoms with Gasteiger partial charge < -0.3 is 15.3 Å². The van der Waals surface area contributed by atoms with Gasteiger partial charge in [0.05, 0.1) is 32.9 Å². The molecule has 1 aromatic carbocycles. The number of thiazole rings is 1. The van der Waals surface area contributed by atoms with Crippen molar-refractivity contribution in [2.24, 2.45) is 4.99 Å². The van der Waals surface area contributed by atoms with Gasteiger partial charge in [-0.05, 0) is 6.07 Å². The monoisotopic (exact) mass is 386 g/mol. The summed E-state index contributed by atoms with van der Waals surface area (Å²) in [7, 11) is 1.62. The van der Waals surface area contributed by atoms with E-state index in [1.807, 2.05) is 4.90 Å². The quantitative estimate of drug-likeness (QED) is 0.543. The van der Waals surface area contributed by atoms with E-state index in [1.165, 1.54) is 17.4 Å². The van der Waals surface area contributed by atoms with Crippen molar-refractivity contribution >= 4 is 49.6 Å². The summed E-state index contributed by atoms with van der Waals surface area (Å²) in [6, 6.07) is 1.18. The van der Waals surface area contributed by atoms with Gasteiger partial charge in [-0.2, -0.15) is 0 Å². The zero-order valence-electron chi connectivity index (χ0n) is 14.4. The van der Waals surface area contributed by atoms with E-state index in [0.717, 1.165) is 13.1 Å². The van der Waals surface area contributed by atoms with E-state index in [-0.39, 0.29) is 10.9 Å². The number of nitrogens with one attached hydrogen (secondary N) is 1. The van der Waals surface area contributed by atoms with Crippen molar-refractivity contribution in [3.05, 3.63) is 38.4 Å². The third kappa shape index (κ3) is 2.00. The molecule has 0 aliphatic carbocycles. The van der Waals surface area contributed by atoms with Crippen LogP contribution in [0.3, 0.4) is 0 Å². The molecule has 0 atom stereocenters. The average Bonchev–Trinajstić information content (AvgIpc) is 3.20. The Hall–Kier alpha value is -2.78. The van der Waals surface area contributed by atoms with E-state index >= 15 is 4.39 Å². The number of aromatic nitrogens is 1. The lowest BCUT2D eigenvalue weighted by atomic mass is 10.1. The molecule has 4 aromatic rings. The fourth-order valence-corrected chi connectivity index (χ4v) is 5.15. The zero-order valence-corrected chi connectivity index (χ0v) is 15.2. The van der Waals surface area contributed by atoms with Crippen molar-refractivity contribution in [2.45, 2.75) is 0 Å². The summed E-state index contributed by atoms with van der Waals surface area (Å²) in [6.07, 6.45) is 0. The lowest BCUT2D eigenvalue weighted by Gasteiger charge is -2.30. The molecule has 1 fully saturated rings. The molecule has 138 valence electrons. The summed E-state index contributed by atoms with van der Waals surface area (Å²) in [5.41, 5.74) is 0.697. The van der Waals surface area contributed by atoms with Crippen molar-refractivity contribution in [1.82, 2.24) is 9.72 Å². The topological polar surface area (TPSA) is 86.4 Å².